The molecule has 2 rings (SSSR count). The van der Waals surface area contributed by atoms with E-state index in [4.69, 9.17) is 11.1 Å². The molecule has 0 radical (unpaired) electrons. The minimum absolute atomic E-state index is 0.0112. The van der Waals surface area contributed by atoms with Gasteiger partial charge in [-0.2, -0.15) is 0 Å². The molecule has 1 aromatic rings. The van der Waals surface area contributed by atoms with Crippen molar-refractivity contribution in [2.75, 3.05) is 13.1 Å². The fourth-order valence-corrected chi connectivity index (χ4v) is 3.45. The van der Waals surface area contributed by atoms with Crippen LogP contribution in [0.1, 0.15) is 45.2 Å². The third-order valence-electron chi connectivity index (χ3n) is 5.03. The predicted molar refractivity (Wildman–Crippen MR) is 143 cm³/mol. The number of benzene rings is 1. The standard InChI is InChI=1S/C27H31N3O.C2H6/c1-5-8-14-25-22(11-7-3)15-16-30(27(25)31)19-21(10-6-2)17-20(4)23-12-9-13-24(18-23)26(28)29;1-2/h5-14,17-18H,2-3,15-16,19H2,1,4H3,(H3,28,29);1-2H3/b8-5-,20-17+,21-10+,22-11-,25-14+;. The zero-order valence-electron chi connectivity index (χ0n) is 20.4. The van der Waals surface area contributed by atoms with Crippen LogP contribution in [-0.4, -0.2) is 29.7 Å². The van der Waals surface area contributed by atoms with Gasteiger partial charge in [0.2, 0.25) is 0 Å². The molecule has 33 heavy (non-hydrogen) atoms. The second kappa shape index (κ2) is 14.4. The molecule has 4 nitrogen and oxygen atoms in total. The Morgan fingerprint density at radius 2 is 1.88 bits per heavy atom. The van der Waals surface area contributed by atoms with Gasteiger partial charge in [0.25, 0.3) is 5.91 Å². The molecule has 1 amide bonds. The van der Waals surface area contributed by atoms with E-state index in [-0.39, 0.29) is 11.7 Å². The van der Waals surface area contributed by atoms with Crippen molar-refractivity contribution < 1.29 is 4.79 Å². The van der Waals surface area contributed by atoms with Gasteiger partial charge in [-0.05, 0) is 54.7 Å². The lowest BCUT2D eigenvalue weighted by Gasteiger charge is -2.30. The van der Waals surface area contributed by atoms with Crippen molar-refractivity contribution in [2.24, 2.45) is 5.73 Å². The smallest absolute Gasteiger partial charge is 0.254 e. The molecular weight excluding hydrogens is 406 g/mol. The fraction of sp³-hybridized carbons (Fsp3) is 0.241. The summed E-state index contributed by atoms with van der Waals surface area (Å²) >= 11 is 0. The fourth-order valence-electron chi connectivity index (χ4n) is 3.45. The highest BCUT2D eigenvalue weighted by Crippen LogP contribution is 2.26. The van der Waals surface area contributed by atoms with Crippen LogP contribution in [0.15, 0.2) is 103 Å². The van der Waals surface area contributed by atoms with Gasteiger partial charge in [0.05, 0.1) is 0 Å². The molecule has 4 heteroatoms. The number of piperidine rings is 1. The van der Waals surface area contributed by atoms with Crippen LogP contribution in [0.3, 0.4) is 0 Å². The van der Waals surface area contributed by atoms with Gasteiger partial charge in [-0.3, -0.25) is 10.2 Å². The first-order chi connectivity index (χ1) is 15.9. The van der Waals surface area contributed by atoms with Gasteiger partial charge < -0.3 is 10.6 Å². The number of nitrogens with two attached hydrogens (primary N) is 1. The molecule has 0 saturated carbocycles. The normalized spacial score (nSPS) is 17.2. The lowest BCUT2D eigenvalue weighted by atomic mass is 9.95. The molecule has 0 atom stereocenters. The SMILES string of the molecule is C=C/C=C1/CCN(CC(=C/C=C)/C=C(\C)c2cccc(C(=N)N)c2)C(=O)/C1=C/C=C\C.CC. The monoisotopic (exact) mass is 443 g/mol. The first-order valence-corrected chi connectivity index (χ1v) is 11.3. The minimum atomic E-state index is 0.0112. The summed E-state index contributed by atoms with van der Waals surface area (Å²) in [4.78, 5) is 15.0. The maximum atomic E-state index is 13.2. The highest BCUT2D eigenvalue weighted by molar-refractivity contribution is 5.99. The average molecular weight is 444 g/mol. The summed E-state index contributed by atoms with van der Waals surface area (Å²) in [6, 6.07) is 7.59. The lowest BCUT2D eigenvalue weighted by molar-refractivity contribution is -0.127. The third-order valence-corrected chi connectivity index (χ3v) is 5.03. The molecule has 0 unspecified atom stereocenters. The number of carbonyl (C=O) groups excluding carboxylic acids is 1. The van der Waals surface area contributed by atoms with Crippen molar-refractivity contribution in [1.29, 1.82) is 5.41 Å². The van der Waals surface area contributed by atoms with Crippen molar-refractivity contribution in [1.82, 2.24) is 4.90 Å². The van der Waals surface area contributed by atoms with E-state index in [1.54, 1.807) is 12.2 Å². The highest BCUT2D eigenvalue weighted by atomic mass is 16.2. The maximum absolute atomic E-state index is 13.2. The van der Waals surface area contributed by atoms with Gasteiger partial charge in [-0.25, -0.2) is 0 Å². The summed E-state index contributed by atoms with van der Waals surface area (Å²) in [7, 11) is 0. The Hall–Kier alpha value is -3.66. The van der Waals surface area contributed by atoms with Crippen molar-refractivity contribution in [3.05, 3.63) is 114 Å². The number of likely N-dealkylation sites (tertiary alicyclic amines) is 1. The van der Waals surface area contributed by atoms with Crippen molar-refractivity contribution in [3.63, 3.8) is 0 Å². The summed E-state index contributed by atoms with van der Waals surface area (Å²) in [6.07, 6.45) is 15.8. The molecular formula is C29H37N3O. The highest BCUT2D eigenvalue weighted by Gasteiger charge is 2.26. The van der Waals surface area contributed by atoms with Crippen molar-refractivity contribution in [2.45, 2.75) is 34.1 Å². The van der Waals surface area contributed by atoms with Gasteiger partial charge in [0.1, 0.15) is 5.84 Å². The Morgan fingerprint density at radius 1 is 1.18 bits per heavy atom. The van der Waals surface area contributed by atoms with E-state index < -0.39 is 0 Å². The zero-order chi connectivity index (χ0) is 24.8. The molecule has 1 heterocycles. The number of nitrogens with one attached hydrogen (secondary N) is 1. The number of carbonyl (C=O) groups is 1. The van der Waals surface area contributed by atoms with Crippen molar-refractivity contribution >= 4 is 17.3 Å². The first-order valence-electron chi connectivity index (χ1n) is 11.3. The Bertz CT molecular complexity index is 1020. The van der Waals surface area contributed by atoms with Crippen LogP contribution in [0, 0.1) is 5.41 Å². The largest absolute Gasteiger partial charge is 0.384 e. The molecule has 0 aliphatic carbocycles. The van der Waals surface area contributed by atoms with E-state index in [0.29, 0.717) is 24.2 Å². The summed E-state index contributed by atoms with van der Waals surface area (Å²) in [5.74, 6) is 0.0521. The Labute approximate surface area is 199 Å². The predicted octanol–water partition coefficient (Wildman–Crippen LogP) is 6.36. The van der Waals surface area contributed by atoms with Gasteiger partial charge in [0.15, 0.2) is 0 Å². The number of hydrogen-bond acceptors (Lipinski definition) is 2. The van der Waals surface area contributed by atoms with Crippen LogP contribution in [0.5, 0.6) is 0 Å². The number of hydrogen-bond donors (Lipinski definition) is 2. The number of nitrogens with zero attached hydrogens (tertiary/aromatic N) is 1. The average Bonchev–Trinajstić information content (AvgIpc) is 2.82. The second-order valence-corrected chi connectivity index (χ2v) is 7.31. The number of amidine groups is 1. The molecule has 174 valence electrons. The topological polar surface area (TPSA) is 70.2 Å². The van der Waals surface area contributed by atoms with E-state index in [1.807, 2.05) is 87.2 Å². The Morgan fingerprint density at radius 3 is 2.48 bits per heavy atom. The van der Waals surface area contributed by atoms with E-state index in [0.717, 1.165) is 28.7 Å². The van der Waals surface area contributed by atoms with Gasteiger partial charge in [-0.1, -0.05) is 87.7 Å². The summed E-state index contributed by atoms with van der Waals surface area (Å²) in [5.41, 5.74) is 11.0. The molecule has 0 aromatic heterocycles. The Balaban J connectivity index is 0.00000265. The first kappa shape index (κ1) is 27.4. The molecule has 0 spiro atoms. The van der Waals surface area contributed by atoms with Crippen LogP contribution in [0.25, 0.3) is 5.57 Å². The molecule has 1 aliphatic rings. The van der Waals surface area contributed by atoms with Crippen LogP contribution in [-0.2, 0) is 4.79 Å². The maximum Gasteiger partial charge on any atom is 0.254 e. The number of nitrogen functional groups attached to an aromatic ring is 1. The summed E-state index contributed by atoms with van der Waals surface area (Å²) in [5, 5.41) is 7.65. The summed E-state index contributed by atoms with van der Waals surface area (Å²) in [6.45, 7) is 16.7. The second-order valence-electron chi connectivity index (χ2n) is 7.31. The number of allylic oxidation sites excluding steroid dienone is 8. The molecule has 1 aromatic carbocycles. The minimum Gasteiger partial charge on any atom is -0.384 e. The van der Waals surface area contributed by atoms with E-state index in [1.165, 1.54) is 0 Å². The van der Waals surface area contributed by atoms with E-state index in [2.05, 4.69) is 19.2 Å². The van der Waals surface area contributed by atoms with Gasteiger partial charge >= 0.3 is 0 Å². The number of rotatable bonds is 8. The molecule has 1 saturated heterocycles. The molecule has 3 N–H and O–H groups in total. The quantitative estimate of drug-likeness (QED) is 0.212. The van der Waals surface area contributed by atoms with Crippen LogP contribution >= 0.6 is 0 Å². The summed E-state index contributed by atoms with van der Waals surface area (Å²) < 4.78 is 0. The van der Waals surface area contributed by atoms with Crippen LogP contribution in [0.2, 0.25) is 0 Å². The number of amides is 1. The third kappa shape index (κ3) is 8.08. The molecule has 0 bridgehead atoms. The molecule has 1 fully saturated rings. The van der Waals surface area contributed by atoms with Crippen LogP contribution < -0.4 is 5.73 Å². The Kier molecular flexibility index (Phi) is 12.0. The van der Waals surface area contributed by atoms with E-state index >= 15 is 0 Å². The molecule has 1 aliphatic heterocycles. The van der Waals surface area contributed by atoms with Gasteiger partial charge in [0, 0.05) is 24.2 Å². The zero-order valence-corrected chi connectivity index (χ0v) is 20.4. The van der Waals surface area contributed by atoms with Crippen LogP contribution in [0.4, 0.5) is 0 Å². The van der Waals surface area contributed by atoms with Gasteiger partial charge in [-0.15, -0.1) is 0 Å². The lowest BCUT2D eigenvalue weighted by Crippen LogP contribution is -2.39. The van der Waals surface area contributed by atoms with E-state index in [9.17, 15) is 4.79 Å². The van der Waals surface area contributed by atoms with Crippen molar-refractivity contribution in [3.8, 4) is 0 Å².